The highest BCUT2D eigenvalue weighted by molar-refractivity contribution is 5.97. The van der Waals surface area contributed by atoms with Crippen molar-refractivity contribution in [3.05, 3.63) is 35.4 Å². The van der Waals surface area contributed by atoms with Crippen molar-refractivity contribution >= 4 is 17.8 Å². The lowest BCUT2D eigenvalue weighted by Crippen LogP contribution is -2.46. The molecule has 2 aliphatic rings. The second-order valence-corrected chi connectivity index (χ2v) is 8.73. The number of hydrogen-bond donors (Lipinski definition) is 2. The zero-order chi connectivity index (χ0) is 21.7. The molecule has 1 heterocycles. The van der Waals surface area contributed by atoms with Crippen LogP contribution in [-0.2, 0) is 9.53 Å². The lowest BCUT2D eigenvalue weighted by Gasteiger charge is -2.30. The molecule has 1 saturated heterocycles. The summed E-state index contributed by atoms with van der Waals surface area (Å²) in [5, 5.41) is 6.01. The minimum Gasteiger partial charge on any atom is -0.465 e. The highest BCUT2D eigenvalue weighted by atomic mass is 16.5. The van der Waals surface area contributed by atoms with Crippen LogP contribution in [-0.4, -0.2) is 61.0 Å². The smallest absolute Gasteiger partial charge is 0.337 e. The van der Waals surface area contributed by atoms with Gasteiger partial charge in [0.15, 0.2) is 0 Å². The van der Waals surface area contributed by atoms with E-state index in [0.29, 0.717) is 30.0 Å². The molecule has 0 radical (unpaired) electrons. The number of carbonyl (C=O) groups is 3. The molecule has 1 aliphatic carbocycles. The van der Waals surface area contributed by atoms with Crippen molar-refractivity contribution in [3.8, 4) is 0 Å². The van der Waals surface area contributed by atoms with Crippen molar-refractivity contribution < 1.29 is 19.1 Å². The topological polar surface area (TPSA) is 87.7 Å². The SMILES string of the molecule is COC(=O)c1cccc(C(=O)NC[C@@H]2CC[C@H](CC(=O)NC(C)C)N2CC2CC2)c1. The van der Waals surface area contributed by atoms with E-state index < -0.39 is 5.97 Å². The summed E-state index contributed by atoms with van der Waals surface area (Å²) in [6.45, 7) is 5.48. The number of benzene rings is 1. The van der Waals surface area contributed by atoms with E-state index in [1.54, 1.807) is 24.3 Å². The van der Waals surface area contributed by atoms with E-state index in [1.165, 1.54) is 20.0 Å². The number of nitrogens with zero attached hydrogens (tertiary/aromatic N) is 1. The maximum Gasteiger partial charge on any atom is 0.337 e. The summed E-state index contributed by atoms with van der Waals surface area (Å²) in [4.78, 5) is 39.1. The van der Waals surface area contributed by atoms with Gasteiger partial charge in [0.2, 0.25) is 5.91 Å². The highest BCUT2D eigenvalue weighted by Gasteiger charge is 2.38. The minimum absolute atomic E-state index is 0.0973. The third kappa shape index (κ3) is 6.05. The molecule has 1 aromatic rings. The van der Waals surface area contributed by atoms with Crippen molar-refractivity contribution in [2.75, 3.05) is 20.2 Å². The number of likely N-dealkylation sites (tertiary alicyclic amines) is 1. The standard InChI is InChI=1S/C23H33N3O4/c1-15(2)25-21(27)12-19-9-10-20(26(19)14-16-7-8-16)13-24-22(28)17-5-4-6-18(11-17)23(29)30-3/h4-6,11,15-16,19-20H,7-10,12-14H2,1-3H3,(H,24,28)(H,25,27)/t19-,20+/m1/s1. The van der Waals surface area contributed by atoms with Crippen molar-refractivity contribution in [2.24, 2.45) is 5.92 Å². The summed E-state index contributed by atoms with van der Waals surface area (Å²) in [6, 6.07) is 7.16. The molecule has 0 bridgehead atoms. The Morgan fingerprint density at radius 1 is 1.10 bits per heavy atom. The monoisotopic (exact) mass is 415 g/mol. The first kappa shape index (κ1) is 22.3. The van der Waals surface area contributed by atoms with Gasteiger partial charge in [-0.3, -0.25) is 14.5 Å². The Morgan fingerprint density at radius 2 is 1.80 bits per heavy atom. The number of hydrogen-bond acceptors (Lipinski definition) is 5. The van der Waals surface area contributed by atoms with E-state index in [9.17, 15) is 14.4 Å². The Morgan fingerprint density at radius 3 is 2.47 bits per heavy atom. The summed E-state index contributed by atoms with van der Waals surface area (Å²) < 4.78 is 4.73. The Bertz CT molecular complexity index is 775. The number of ether oxygens (including phenoxy) is 1. The van der Waals surface area contributed by atoms with Crippen LogP contribution in [0.4, 0.5) is 0 Å². The van der Waals surface area contributed by atoms with Crippen LogP contribution in [0.2, 0.25) is 0 Å². The second kappa shape index (κ2) is 10.1. The van der Waals surface area contributed by atoms with Gasteiger partial charge in [-0.15, -0.1) is 0 Å². The fraction of sp³-hybridized carbons (Fsp3) is 0.609. The number of carbonyl (C=O) groups excluding carboxylic acids is 3. The molecule has 1 saturated carbocycles. The number of esters is 1. The largest absolute Gasteiger partial charge is 0.465 e. The predicted octanol–water partition coefficient (Wildman–Crippen LogP) is 2.36. The Kier molecular flexibility index (Phi) is 7.48. The van der Waals surface area contributed by atoms with Crippen molar-refractivity contribution in [3.63, 3.8) is 0 Å². The fourth-order valence-corrected chi connectivity index (χ4v) is 4.16. The van der Waals surface area contributed by atoms with Gasteiger partial charge < -0.3 is 15.4 Å². The molecule has 2 fully saturated rings. The Hall–Kier alpha value is -2.41. The van der Waals surface area contributed by atoms with Gasteiger partial charge in [0.1, 0.15) is 0 Å². The van der Waals surface area contributed by atoms with E-state index in [1.807, 2.05) is 13.8 Å². The zero-order valence-corrected chi connectivity index (χ0v) is 18.1. The first-order valence-corrected chi connectivity index (χ1v) is 10.9. The molecule has 30 heavy (non-hydrogen) atoms. The summed E-state index contributed by atoms with van der Waals surface area (Å²) in [7, 11) is 1.32. The molecular formula is C23H33N3O4. The van der Waals surface area contributed by atoms with Gasteiger partial charge in [-0.25, -0.2) is 4.79 Å². The number of methoxy groups -OCH3 is 1. The van der Waals surface area contributed by atoms with Crippen molar-refractivity contribution in [2.45, 2.75) is 64.1 Å². The number of amides is 2. The van der Waals surface area contributed by atoms with Gasteiger partial charge in [0, 0.05) is 43.2 Å². The highest BCUT2D eigenvalue weighted by Crippen LogP contribution is 2.35. The van der Waals surface area contributed by atoms with Crippen LogP contribution in [0.3, 0.4) is 0 Å². The van der Waals surface area contributed by atoms with E-state index in [-0.39, 0.29) is 29.9 Å². The quantitative estimate of drug-likeness (QED) is 0.605. The summed E-state index contributed by atoms with van der Waals surface area (Å²) in [5.74, 6) is 0.153. The summed E-state index contributed by atoms with van der Waals surface area (Å²) in [6.07, 6.45) is 4.95. The van der Waals surface area contributed by atoms with Gasteiger partial charge >= 0.3 is 5.97 Å². The number of nitrogens with one attached hydrogen (secondary N) is 2. The van der Waals surface area contributed by atoms with Crippen LogP contribution >= 0.6 is 0 Å². The molecule has 7 heteroatoms. The van der Waals surface area contributed by atoms with Crippen LogP contribution in [0, 0.1) is 5.92 Å². The maximum absolute atomic E-state index is 12.6. The zero-order valence-electron chi connectivity index (χ0n) is 18.1. The van der Waals surface area contributed by atoms with Gasteiger partial charge in [-0.1, -0.05) is 6.07 Å². The molecule has 2 amide bonds. The van der Waals surface area contributed by atoms with E-state index >= 15 is 0 Å². The van der Waals surface area contributed by atoms with Crippen LogP contribution in [0.1, 0.15) is 66.7 Å². The Balaban J connectivity index is 1.58. The van der Waals surface area contributed by atoms with Crippen molar-refractivity contribution in [1.82, 2.24) is 15.5 Å². The third-order valence-electron chi connectivity index (χ3n) is 5.85. The molecule has 2 N–H and O–H groups in total. The molecule has 1 aromatic carbocycles. The lowest BCUT2D eigenvalue weighted by molar-refractivity contribution is -0.122. The Labute approximate surface area is 178 Å². The lowest BCUT2D eigenvalue weighted by atomic mass is 10.1. The maximum atomic E-state index is 12.6. The number of rotatable bonds is 9. The minimum atomic E-state index is -0.460. The molecular weight excluding hydrogens is 382 g/mol. The van der Waals surface area contributed by atoms with Crippen LogP contribution in [0.15, 0.2) is 24.3 Å². The van der Waals surface area contributed by atoms with Crippen LogP contribution in [0.5, 0.6) is 0 Å². The van der Waals surface area contributed by atoms with E-state index in [4.69, 9.17) is 4.74 Å². The second-order valence-electron chi connectivity index (χ2n) is 8.73. The first-order valence-electron chi connectivity index (χ1n) is 10.9. The normalized spacial score (nSPS) is 21.5. The van der Waals surface area contributed by atoms with Gasteiger partial charge in [-0.2, -0.15) is 0 Å². The molecule has 1 aliphatic heterocycles. The summed E-state index contributed by atoms with van der Waals surface area (Å²) >= 11 is 0. The predicted molar refractivity (Wildman–Crippen MR) is 114 cm³/mol. The average Bonchev–Trinajstić information content (AvgIpc) is 3.47. The average molecular weight is 416 g/mol. The molecule has 0 unspecified atom stereocenters. The third-order valence-corrected chi connectivity index (χ3v) is 5.85. The van der Waals surface area contributed by atoms with Crippen LogP contribution in [0.25, 0.3) is 0 Å². The first-order chi connectivity index (χ1) is 14.4. The van der Waals surface area contributed by atoms with Gasteiger partial charge in [0.25, 0.3) is 5.91 Å². The fourth-order valence-electron chi connectivity index (χ4n) is 4.16. The van der Waals surface area contributed by atoms with Gasteiger partial charge in [0.05, 0.1) is 12.7 Å². The molecule has 7 nitrogen and oxygen atoms in total. The van der Waals surface area contributed by atoms with Crippen molar-refractivity contribution in [1.29, 1.82) is 0 Å². The van der Waals surface area contributed by atoms with E-state index in [0.717, 1.165) is 19.4 Å². The van der Waals surface area contributed by atoms with Crippen LogP contribution < -0.4 is 10.6 Å². The molecule has 164 valence electrons. The van der Waals surface area contributed by atoms with Gasteiger partial charge in [-0.05, 0) is 63.6 Å². The van der Waals surface area contributed by atoms with E-state index in [2.05, 4.69) is 15.5 Å². The molecule has 2 atom stereocenters. The summed E-state index contributed by atoms with van der Waals surface area (Å²) in [5.41, 5.74) is 0.801. The molecule has 0 spiro atoms. The molecule has 3 rings (SSSR count). The molecule has 0 aromatic heterocycles.